The predicted octanol–water partition coefficient (Wildman–Crippen LogP) is 4.96. The van der Waals surface area contributed by atoms with Crippen LogP contribution in [-0.2, 0) is 0 Å². The van der Waals surface area contributed by atoms with Crippen molar-refractivity contribution in [2.45, 2.75) is 58.4 Å². The van der Waals surface area contributed by atoms with Gasteiger partial charge < -0.3 is 9.90 Å². The van der Waals surface area contributed by atoms with Crippen LogP contribution >= 0.6 is 0 Å². The lowest BCUT2D eigenvalue weighted by atomic mass is 10.0. The van der Waals surface area contributed by atoms with E-state index in [0.717, 1.165) is 41.6 Å². The number of rotatable bonds is 10. The second-order valence-corrected chi connectivity index (χ2v) is 12.6. The highest BCUT2D eigenvalue weighted by molar-refractivity contribution is 6.98. The number of aliphatic hydroxyl groups excluding tert-OH is 1. The van der Waals surface area contributed by atoms with Gasteiger partial charge in [-0.2, -0.15) is 0 Å². The van der Waals surface area contributed by atoms with Crippen molar-refractivity contribution in [1.29, 1.82) is 0 Å². The Kier molecular flexibility index (Phi) is 8.63. The summed E-state index contributed by atoms with van der Waals surface area (Å²) in [5, 5.41) is 11.0. The Morgan fingerprint density at radius 2 is 1.31 bits per heavy atom. The molecule has 3 heteroatoms. The first-order chi connectivity index (χ1) is 13.8. The molecule has 29 heavy (non-hydrogen) atoms. The maximum atomic E-state index is 12.2. The Morgan fingerprint density at radius 1 is 0.828 bits per heavy atom. The Bertz CT molecular complexity index is 768. The standard InChI is InChI=1S/C26H36O2Si/c1-22(13-11-14-23(2)21-27)15-12-20-26(3,4)29(28,24-16-7-5-8-17-24)25-18-9-6-10-19-25/h5-10,14-19,27-28H,11-13,20-21H2,1-4H3/b22-15-,23-14-. The summed E-state index contributed by atoms with van der Waals surface area (Å²) >= 11 is 0. The number of aliphatic hydroxyl groups is 1. The quantitative estimate of drug-likeness (QED) is 0.431. The molecule has 0 aliphatic heterocycles. The van der Waals surface area contributed by atoms with Crippen molar-refractivity contribution in [3.05, 3.63) is 84.0 Å². The molecule has 0 atom stereocenters. The molecule has 0 aromatic heterocycles. The van der Waals surface area contributed by atoms with Crippen molar-refractivity contribution in [2.75, 3.05) is 6.61 Å². The lowest BCUT2D eigenvalue weighted by molar-refractivity contribution is 0.331. The highest BCUT2D eigenvalue weighted by atomic mass is 28.4. The van der Waals surface area contributed by atoms with Crippen molar-refractivity contribution in [2.24, 2.45) is 0 Å². The molecule has 0 unspecified atom stereocenters. The van der Waals surface area contributed by atoms with Crippen LogP contribution in [0.5, 0.6) is 0 Å². The minimum absolute atomic E-state index is 0.138. The molecule has 0 bridgehead atoms. The van der Waals surface area contributed by atoms with Crippen molar-refractivity contribution in [1.82, 2.24) is 0 Å². The molecule has 2 rings (SSSR count). The van der Waals surface area contributed by atoms with Crippen LogP contribution in [0.3, 0.4) is 0 Å². The molecule has 0 saturated carbocycles. The third kappa shape index (κ3) is 6.02. The van der Waals surface area contributed by atoms with Gasteiger partial charge in [0.15, 0.2) is 0 Å². The number of allylic oxidation sites excluding steroid dienone is 3. The van der Waals surface area contributed by atoms with Crippen molar-refractivity contribution >= 4 is 18.7 Å². The van der Waals surface area contributed by atoms with E-state index >= 15 is 0 Å². The van der Waals surface area contributed by atoms with Crippen LogP contribution in [0, 0.1) is 0 Å². The number of hydrogen-bond acceptors (Lipinski definition) is 2. The lowest BCUT2D eigenvalue weighted by Gasteiger charge is -2.41. The molecule has 2 aromatic carbocycles. The van der Waals surface area contributed by atoms with Crippen LogP contribution in [0.2, 0.25) is 5.04 Å². The van der Waals surface area contributed by atoms with E-state index in [1.807, 2.05) is 43.3 Å². The monoisotopic (exact) mass is 408 g/mol. The van der Waals surface area contributed by atoms with E-state index in [9.17, 15) is 4.80 Å². The molecule has 0 spiro atoms. The zero-order valence-corrected chi connectivity index (χ0v) is 19.4. The van der Waals surface area contributed by atoms with Crippen LogP contribution in [-0.4, -0.2) is 24.8 Å². The van der Waals surface area contributed by atoms with Gasteiger partial charge in [-0.25, -0.2) is 0 Å². The zero-order chi connectivity index (χ0) is 21.3. The molecule has 0 fully saturated rings. The summed E-state index contributed by atoms with van der Waals surface area (Å²) in [4.78, 5) is 12.2. The SMILES string of the molecule is C/C(=C/CC/C(C)=C\CCC(C)(C)[Si](O)(c1ccccc1)c1ccccc1)CO. The second-order valence-electron chi connectivity index (χ2n) is 8.66. The van der Waals surface area contributed by atoms with E-state index in [1.165, 1.54) is 5.57 Å². The van der Waals surface area contributed by atoms with Gasteiger partial charge in [0, 0.05) is 0 Å². The highest BCUT2D eigenvalue weighted by Gasteiger charge is 2.49. The van der Waals surface area contributed by atoms with Crippen LogP contribution in [0.15, 0.2) is 84.0 Å². The molecule has 0 aliphatic rings. The number of hydrogen-bond donors (Lipinski definition) is 2. The van der Waals surface area contributed by atoms with E-state index in [2.05, 4.69) is 57.2 Å². The minimum atomic E-state index is -2.91. The van der Waals surface area contributed by atoms with E-state index in [-0.39, 0.29) is 11.6 Å². The maximum absolute atomic E-state index is 12.2. The number of benzene rings is 2. The molecule has 0 radical (unpaired) electrons. The fourth-order valence-corrected chi connectivity index (χ4v) is 7.63. The van der Waals surface area contributed by atoms with Gasteiger partial charge in [0.05, 0.1) is 6.61 Å². The van der Waals surface area contributed by atoms with Gasteiger partial charge in [-0.3, -0.25) is 0 Å². The van der Waals surface area contributed by atoms with Gasteiger partial charge in [0.25, 0.3) is 8.32 Å². The average Bonchev–Trinajstić information content (AvgIpc) is 2.74. The molecule has 2 nitrogen and oxygen atoms in total. The smallest absolute Gasteiger partial charge is 0.258 e. The fourth-order valence-electron chi connectivity index (χ4n) is 3.88. The first-order valence-electron chi connectivity index (χ1n) is 10.6. The first kappa shape index (κ1) is 23.3. The van der Waals surface area contributed by atoms with E-state index in [0.29, 0.717) is 0 Å². The molecule has 0 amide bonds. The first-order valence-corrected chi connectivity index (χ1v) is 12.5. The summed E-state index contributed by atoms with van der Waals surface area (Å²) in [6, 6.07) is 20.4. The summed E-state index contributed by atoms with van der Waals surface area (Å²) < 4.78 is 0. The average molecular weight is 409 g/mol. The molecule has 0 saturated heterocycles. The van der Waals surface area contributed by atoms with Gasteiger partial charge in [0.1, 0.15) is 0 Å². The Labute approximate surface area is 177 Å². The molecular weight excluding hydrogens is 372 g/mol. The third-order valence-corrected chi connectivity index (χ3v) is 10.5. The summed E-state index contributed by atoms with van der Waals surface area (Å²) in [6.07, 6.45) is 8.28. The maximum Gasteiger partial charge on any atom is 0.258 e. The van der Waals surface area contributed by atoms with Crippen molar-refractivity contribution < 1.29 is 9.90 Å². The fraction of sp³-hybridized carbons (Fsp3) is 0.385. The van der Waals surface area contributed by atoms with Gasteiger partial charge in [-0.15, -0.1) is 0 Å². The van der Waals surface area contributed by atoms with Crippen molar-refractivity contribution in [3.63, 3.8) is 0 Å². The minimum Gasteiger partial charge on any atom is -0.424 e. The molecule has 2 aromatic rings. The topological polar surface area (TPSA) is 40.5 Å². The zero-order valence-electron chi connectivity index (χ0n) is 18.4. The Hall–Kier alpha value is -1.94. The van der Waals surface area contributed by atoms with Crippen LogP contribution in [0.25, 0.3) is 0 Å². The molecule has 0 aliphatic carbocycles. The summed E-state index contributed by atoms with van der Waals surface area (Å²) in [5.41, 5.74) is 2.40. The molecule has 2 N–H and O–H groups in total. The second kappa shape index (κ2) is 10.7. The van der Waals surface area contributed by atoms with Crippen molar-refractivity contribution in [3.8, 4) is 0 Å². The van der Waals surface area contributed by atoms with Crippen LogP contribution < -0.4 is 10.4 Å². The largest absolute Gasteiger partial charge is 0.424 e. The molecule has 0 heterocycles. The Morgan fingerprint density at radius 3 is 1.79 bits per heavy atom. The van der Waals surface area contributed by atoms with Gasteiger partial charge in [0.2, 0.25) is 0 Å². The predicted molar refractivity (Wildman–Crippen MR) is 127 cm³/mol. The summed E-state index contributed by atoms with van der Waals surface area (Å²) in [6.45, 7) is 8.71. The van der Waals surface area contributed by atoms with Crippen LogP contribution in [0.1, 0.15) is 53.4 Å². The third-order valence-electron chi connectivity index (χ3n) is 5.91. The van der Waals surface area contributed by atoms with Gasteiger partial charge >= 0.3 is 0 Å². The summed E-state index contributed by atoms with van der Waals surface area (Å²) in [5.74, 6) is 0. The van der Waals surface area contributed by atoms with Gasteiger partial charge in [-0.1, -0.05) is 97.8 Å². The summed E-state index contributed by atoms with van der Waals surface area (Å²) in [7, 11) is -2.91. The normalized spacial score (nSPS) is 13.6. The highest BCUT2D eigenvalue weighted by Crippen LogP contribution is 2.40. The van der Waals surface area contributed by atoms with E-state index in [1.54, 1.807) is 0 Å². The van der Waals surface area contributed by atoms with Crippen LogP contribution in [0.4, 0.5) is 0 Å². The van der Waals surface area contributed by atoms with E-state index in [4.69, 9.17) is 5.11 Å². The molecule has 156 valence electrons. The van der Waals surface area contributed by atoms with E-state index < -0.39 is 8.32 Å². The lowest BCUT2D eigenvalue weighted by Crippen LogP contribution is -2.65. The van der Waals surface area contributed by atoms with Gasteiger partial charge in [-0.05, 0) is 54.9 Å². The Balaban J connectivity index is 2.18. The molecular formula is C26H36O2Si.